The van der Waals surface area contributed by atoms with E-state index in [4.69, 9.17) is 0 Å². The zero-order chi connectivity index (χ0) is 9.31. The van der Waals surface area contributed by atoms with Crippen molar-refractivity contribution in [3.05, 3.63) is 24.0 Å². The van der Waals surface area contributed by atoms with Gasteiger partial charge in [-0.25, -0.2) is 0 Å². The predicted octanol–water partition coefficient (Wildman–Crippen LogP) is 2.43. The Morgan fingerprint density at radius 1 is 1.62 bits per heavy atom. The third-order valence-corrected chi connectivity index (χ3v) is 2.88. The molecule has 0 bridgehead atoms. The smallest absolute Gasteiger partial charge is 0.0604 e. The van der Waals surface area contributed by atoms with Gasteiger partial charge >= 0.3 is 0 Å². The normalized spacial score (nSPS) is 25.2. The lowest BCUT2D eigenvalue weighted by molar-refractivity contribution is 0.321. The first kappa shape index (κ1) is 8.54. The fraction of sp³-hybridized carbons (Fsp3) is 0.545. The number of nitrogens with zero attached hydrogens (tertiary/aromatic N) is 1. The summed E-state index contributed by atoms with van der Waals surface area (Å²) in [5.41, 5.74) is 1.63. The summed E-state index contributed by atoms with van der Waals surface area (Å²) in [4.78, 5) is 7.75. The number of aliphatic imine (C=N–C) groups is 1. The molecule has 13 heavy (non-hydrogen) atoms. The van der Waals surface area contributed by atoms with Crippen LogP contribution in [0.2, 0.25) is 0 Å². The summed E-state index contributed by atoms with van der Waals surface area (Å²) in [6.07, 6.45) is 6.18. The minimum absolute atomic E-state index is 0.338. The number of aromatic amines is 1. The highest BCUT2D eigenvalue weighted by atomic mass is 14.8. The number of H-pyrrole nitrogens is 1. The van der Waals surface area contributed by atoms with Gasteiger partial charge in [0.05, 0.1) is 6.04 Å². The Balaban J connectivity index is 2.07. The van der Waals surface area contributed by atoms with Crippen LogP contribution in [0.5, 0.6) is 0 Å². The molecular formula is C11H16N2. The molecule has 0 fully saturated rings. The van der Waals surface area contributed by atoms with Crippen molar-refractivity contribution in [1.29, 1.82) is 0 Å². The Morgan fingerprint density at radius 3 is 3.00 bits per heavy atom. The van der Waals surface area contributed by atoms with Crippen LogP contribution in [-0.2, 0) is 6.42 Å². The molecule has 2 heterocycles. The van der Waals surface area contributed by atoms with Crippen molar-refractivity contribution in [1.82, 2.24) is 4.98 Å². The van der Waals surface area contributed by atoms with Gasteiger partial charge in [-0.2, -0.15) is 0 Å². The molecule has 70 valence electrons. The SMILES string of the molecule is CC1(C)CC=NC1Cc1ccc[nH]1. The number of hydrogen-bond donors (Lipinski definition) is 1. The zero-order valence-electron chi connectivity index (χ0n) is 8.25. The standard InChI is InChI=1S/C11H16N2/c1-11(2)5-7-13-10(11)8-9-4-3-6-12-9/h3-4,6-7,10,12H,5,8H2,1-2H3. The molecule has 0 saturated carbocycles. The van der Waals surface area contributed by atoms with E-state index in [2.05, 4.69) is 36.1 Å². The van der Waals surface area contributed by atoms with E-state index in [1.807, 2.05) is 12.3 Å². The summed E-state index contributed by atoms with van der Waals surface area (Å²) in [5, 5.41) is 0. The van der Waals surface area contributed by atoms with E-state index in [0.717, 1.165) is 12.8 Å². The first-order valence-electron chi connectivity index (χ1n) is 4.82. The lowest BCUT2D eigenvalue weighted by Gasteiger charge is -2.24. The van der Waals surface area contributed by atoms with Gasteiger partial charge in [0, 0.05) is 18.3 Å². The summed E-state index contributed by atoms with van der Waals surface area (Å²) in [6, 6.07) is 4.62. The molecule has 0 aliphatic carbocycles. The first-order valence-corrected chi connectivity index (χ1v) is 4.82. The Labute approximate surface area is 79.1 Å². The van der Waals surface area contributed by atoms with Gasteiger partial charge in [0.25, 0.3) is 0 Å². The monoisotopic (exact) mass is 176 g/mol. The second-order valence-corrected chi connectivity index (χ2v) is 4.44. The maximum atomic E-state index is 4.52. The van der Waals surface area contributed by atoms with Crippen molar-refractivity contribution in [3.63, 3.8) is 0 Å². The molecule has 2 rings (SSSR count). The van der Waals surface area contributed by atoms with Gasteiger partial charge in [-0.1, -0.05) is 13.8 Å². The molecule has 0 radical (unpaired) electrons. The highest BCUT2D eigenvalue weighted by molar-refractivity contribution is 5.61. The fourth-order valence-electron chi connectivity index (χ4n) is 1.78. The van der Waals surface area contributed by atoms with E-state index >= 15 is 0 Å². The van der Waals surface area contributed by atoms with Crippen molar-refractivity contribution in [2.45, 2.75) is 32.7 Å². The number of hydrogen-bond acceptors (Lipinski definition) is 1. The van der Waals surface area contributed by atoms with E-state index in [9.17, 15) is 0 Å². The number of aromatic nitrogens is 1. The summed E-state index contributed by atoms with van der Waals surface area (Å²) in [6.45, 7) is 4.57. The van der Waals surface area contributed by atoms with Crippen LogP contribution in [0.1, 0.15) is 26.0 Å². The Hall–Kier alpha value is -1.05. The quantitative estimate of drug-likeness (QED) is 0.717. The van der Waals surface area contributed by atoms with Gasteiger partial charge in [0.2, 0.25) is 0 Å². The average Bonchev–Trinajstić information content (AvgIpc) is 2.63. The van der Waals surface area contributed by atoms with Gasteiger partial charge in [-0.05, 0) is 30.2 Å². The molecule has 0 amide bonds. The molecule has 1 aliphatic rings. The molecular weight excluding hydrogens is 160 g/mol. The average molecular weight is 176 g/mol. The Bertz CT molecular complexity index is 296. The summed E-state index contributed by atoms with van der Waals surface area (Å²) in [5.74, 6) is 0. The molecule has 1 atom stereocenters. The van der Waals surface area contributed by atoms with Crippen molar-refractivity contribution < 1.29 is 0 Å². The van der Waals surface area contributed by atoms with Crippen LogP contribution in [0.15, 0.2) is 23.3 Å². The van der Waals surface area contributed by atoms with Crippen molar-refractivity contribution in [2.24, 2.45) is 10.4 Å². The van der Waals surface area contributed by atoms with Gasteiger partial charge in [0.1, 0.15) is 0 Å². The molecule has 1 aliphatic heterocycles. The van der Waals surface area contributed by atoms with Gasteiger partial charge in [-0.15, -0.1) is 0 Å². The summed E-state index contributed by atoms with van der Waals surface area (Å²) >= 11 is 0. The van der Waals surface area contributed by atoms with E-state index in [1.54, 1.807) is 0 Å². The molecule has 1 aromatic rings. The number of nitrogens with one attached hydrogen (secondary N) is 1. The van der Waals surface area contributed by atoms with Crippen molar-refractivity contribution in [2.75, 3.05) is 0 Å². The first-order chi connectivity index (χ1) is 6.18. The lowest BCUT2D eigenvalue weighted by Crippen LogP contribution is -2.25. The van der Waals surface area contributed by atoms with Crippen molar-refractivity contribution >= 4 is 6.21 Å². The second-order valence-electron chi connectivity index (χ2n) is 4.44. The van der Waals surface area contributed by atoms with E-state index in [1.165, 1.54) is 5.69 Å². The van der Waals surface area contributed by atoms with E-state index in [-0.39, 0.29) is 0 Å². The fourth-order valence-corrected chi connectivity index (χ4v) is 1.78. The van der Waals surface area contributed by atoms with E-state index in [0.29, 0.717) is 11.5 Å². The molecule has 1 N–H and O–H groups in total. The maximum Gasteiger partial charge on any atom is 0.0604 e. The third-order valence-electron chi connectivity index (χ3n) is 2.88. The van der Waals surface area contributed by atoms with Crippen LogP contribution in [-0.4, -0.2) is 17.2 Å². The van der Waals surface area contributed by atoms with Gasteiger partial charge < -0.3 is 4.98 Å². The molecule has 0 saturated heterocycles. The Kier molecular flexibility index (Phi) is 1.98. The molecule has 0 aromatic carbocycles. The van der Waals surface area contributed by atoms with Crippen LogP contribution in [0, 0.1) is 5.41 Å². The second kappa shape index (κ2) is 3.02. The van der Waals surface area contributed by atoms with Crippen LogP contribution in [0.4, 0.5) is 0 Å². The van der Waals surface area contributed by atoms with Crippen LogP contribution in [0.25, 0.3) is 0 Å². The predicted molar refractivity (Wildman–Crippen MR) is 55.2 cm³/mol. The third kappa shape index (κ3) is 1.67. The van der Waals surface area contributed by atoms with Crippen molar-refractivity contribution in [3.8, 4) is 0 Å². The van der Waals surface area contributed by atoms with Gasteiger partial charge in [0.15, 0.2) is 0 Å². The highest BCUT2D eigenvalue weighted by Crippen LogP contribution is 2.32. The van der Waals surface area contributed by atoms with E-state index < -0.39 is 0 Å². The van der Waals surface area contributed by atoms with Crippen LogP contribution >= 0.6 is 0 Å². The topological polar surface area (TPSA) is 28.1 Å². The molecule has 2 heteroatoms. The van der Waals surface area contributed by atoms with Crippen LogP contribution in [0.3, 0.4) is 0 Å². The number of rotatable bonds is 2. The lowest BCUT2D eigenvalue weighted by atomic mass is 9.82. The molecule has 1 aromatic heterocycles. The minimum atomic E-state index is 0.338. The summed E-state index contributed by atoms with van der Waals surface area (Å²) < 4.78 is 0. The Morgan fingerprint density at radius 2 is 2.46 bits per heavy atom. The molecule has 2 nitrogen and oxygen atoms in total. The van der Waals surface area contributed by atoms with Gasteiger partial charge in [-0.3, -0.25) is 4.99 Å². The molecule has 1 unspecified atom stereocenters. The largest absolute Gasteiger partial charge is 0.365 e. The highest BCUT2D eigenvalue weighted by Gasteiger charge is 2.31. The minimum Gasteiger partial charge on any atom is -0.365 e. The summed E-state index contributed by atoms with van der Waals surface area (Å²) in [7, 11) is 0. The molecule has 0 spiro atoms. The maximum absolute atomic E-state index is 4.52. The van der Waals surface area contributed by atoms with Crippen LogP contribution < -0.4 is 0 Å². The zero-order valence-corrected chi connectivity index (χ0v) is 8.25.